The zero-order valence-corrected chi connectivity index (χ0v) is 41.2. The number of aliphatic hydroxyl groups is 6. The Morgan fingerprint density at radius 2 is 0.922 bits per heavy atom. The van der Waals surface area contributed by atoms with Crippen molar-refractivity contribution in [1.82, 2.24) is 5.32 Å². The SMILES string of the molecule is CCCCCCCCCCCC/C=C/CC/C=C/C(O)C(COC1OC(CO)C(O)C(O)C1O)NC(=O)C(O)CCCCCCCCC/C=C\CCCCCCCCCCCCCC. The first-order valence-electron chi connectivity index (χ1n) is 26.8. The van der Waals surface area contributed by atoms with Crippen LogP contribution in [-0.2, 0) is 14.3 Å². The summed E-state index contributed by atoms with van der Waals surface area (Å²) in [4.78, 5) is 13.1. The topological polar surface area (TPSA) is 169 Å². The molecule has 0 radical (unpaired) electrons. The van der Waals surface area contributed by atoms with Gasteiger partial charge in [0, 0.05) is 0 Å². The molecule has 8 atom stereocenters. The molecule has 0 saturated carbocycles. The fourth-order valence-corrected chi connectivity index (χ4v) is 8.41. The average Bonchev–Trinajstić information content (AvgIpc) is 3.29. The van der Waals surface area contributed by atoms with E-state index in [2.05, 4.69) is 43.5 Å². The number of hydrogen-bond acceptors (Lipinski definition) is 9. The Bertz CT molecular complexity index is 1120. The van der Waals surface area contributed by atoms with Gasteiger partial charge in [-0.2, -0.15) is 0 Å². The van der Waals surface area contributed by atoms with Crippen LogP contribution in [0.3, 0.4) is 0 Å². The molecule has 8 unspecified atom stereocenters. The monoisotopic (exact) mass is 908 g/mol. The van der Waals surface area contributed by atoms with Crippen LogP contribution in [0.4, 0.5) is 0 Å². The Labute approximate surface area is 392 Å². The summed E-state index contributed by atoms with van der Waals surface area (Å²) in [5.74, 6) is -0.628. The van der Waals surface area contributed by atoms with Crippen molar-refractivity contribution >= 4 is 5.91 Å². The van der Waals surface area contributed by atoms with Crippen LogP contribution in [0.25, 0.3) is 0 Å². The maximum absolute atomic E-state index is 13.1. The van der Waals surface area contributed by atoms with Crippen molar-refractivity contribution < 1.29 is 44.9 Å². The lowest BCUT2D eigenvalue weighted by atomic mass is 9.99. The van der Waals surface area contributed by atoms with E-state index in [0.717, 1.165) is 38.5 Å². The quantitative estimate of drug-likeness (QED) is 0.0232. The Morgan fingerprint density at radius 1 is 0.531 bits per heavy atom. The van der Waals surface area contributed by atoms with Crippen LogP contribution in [0.5, 0.6) is 0 Å². The molecule has 10 nitrogen and oxygen atoms in total. The number of rotatable bonds is 45. The maximum Gasteiger partial charge on any atom is 0.249 e. The van der Waals surface area contributed by atoms with Gasteiger partial charge in [0.05, 0.1) is 25.4 Å². The lowest BCUT2D eigenvalue weighted by molar-refractivity contribution is -0.302. The molecule has 0 spiro atoms. The number of nitrogens with one attached hydrogen (secondary N) is 1. The first-order chi connectivity index (χ1) is 31.3. The number of amides is 1. The van der Waals surface area contributed by atoms with Gasteiger partial charge < -0.3 is 45.4 Å². The summed E-state index contributed by atoms with van der Waals surface area (Å²) in [7, 11) is 0. The van der Waals surface area contributed by atoms with E-state index in [0.29, 0.717) is 19.3 Å². The van der Waals surface area contributed by atoms with E-state index in [-0.39, 0.29) is 6.61 Å². The first kappa shape index (κ1) is 60.4. The molecule has 1 aliphatic heterocycles. The van der Waals surface area contributed by atoms with E-state index in [9.17, 15) is 35.4 Å². The summed E-state index contributed by atoms with van der Waals surface area (Å²) in [5.41, 5.74) is 0. The minimum atomic E-state index is -1.62. The normalized spacial score (nSPS) is 20.8. The van der Waals surface area contributed by atoms with Gasteiger partial charge in [-0.3, -0.25) is 4.79 Å². The van der Waals surface area contributed by atoms with Gasteiger partial charge >= 0.3 is 0 Å². The van der Waals surface area contributed by atoms with Gasteiger partial charge in [0.1, 0.15) is 30.5 Å². The molecule has 7 N–H and O–H groups in total. The minimum absolute atomic E-state index is 0.299. The number of hydrogen-bond donors (Lipinski definition) is 7. The minimum Gasteiger partial charge on any atom is -0.394 e. The highest BCUT2D eigenvalue weighted by molar-refractivity contribution is 5.80. The highest BCUT2D eigenvalue weighted by Crippen LogP contribution is 2.23. The summed E-state index contributed by atoms with van der Waals surface area (Å²) in [6.45, 7) is 3.61. The number of aliphatic hydroxyl groups excluding tert-OH is 6. The molecule has 0 aromatic heterocycles. The third-order valence-electron chi connectivity index (χ3n) is 12.8. The van der Waals surface area contributed by atoms with Gasteiger partial charge in [0.2, 0.25) is 5.91 Å². The van der Waals surface area contributed by atoms with Crippen LogP contribution in [0.15, 0.2) is 36.5 Å². The molecule has 1 heterocycles. The second-order valence-corrected chi connectivity index (χ2v) is 18.8. The van der Waals surface area contributed by atoms with E-state index >= 15 is 0 Å². The Balaban J connectivity index is 2.33. The fraction of sp³-hybridized carbons (Fsp3) is 0.870. The largest absolute Gasteiger partial charge is 0.394 e. The van der Waals surface area contributed by atoms with Crippen molar-refractivity contribution in [2.45, 2.75) is 288 Å². The zero-order chi connectivity index (χ0) is 46.7. The van der Waals surface area contributed by atoms with E-state index < -0.39 is 61.5 Å². The van der Waals surface area contributed by atoms with Crippen molar-refractivity contribution in [1.29, 1.82) is 0 Å². The van der Waals surface area contributed by atoms with Crippen LogP contribution >= 0.6 is 0 Å². The number of carbonyl (C=O) groups excluding carboxylic acids is 1. The number of carbonyl (C=O) groups is 1. The molecule has 0 aromatic carbocycles. The average molecular weight is 908 g/mol. The molecule has 64 heavy (non-hydrogen) atoms. The summed E-state index contributed by atoms with van der Waals surface area (Å²) in [6, 6.07) is -0.998. The molecule has 1 amide bonds. The number of ether oxygens (including phenoxy) is 2. The van der Waals surface area contributed by atoms with Gasteiger partial charge in [-0.1, -0.05) is 217 Å². The summed E-state index contributed by atoms with van der Waals surface area (Å²) >= 11 is 0. The second kappa shape index (κ2) is 43.9. The number of allylic oxidation sites excluding steroid dienone is 5. The van der Waals surface area contributed by atoms with E-state index in [4.69, 9.17) is 9.47 Å². The molecule has 376 valence electrons. The van der Waals surface area contributed by atoms with Gasteiger partial charge in [-0.05, 0) is 57.8 Å². The Kier molecular flexibility index (Phi) is 41.4. The molecule has 1 fully saturated rings. The Hall–Kier alpha value is -1.63. The van der Waals surface area contributed by atoms with Crippen LogP contribution in [0.2, 0.25) is 0 Å². The molecule has 0 bridgehead atoms. The molecule has 0 aromatic rings. The van der Waals surface area contributed by atoms with E-state index in [1.165, 1.54) is 167 Å². The molecule has 1 aliphatic rings. The standard InChI is InChI=1S/C54H101NO9/c1-3-5-7-9-11-13-15-17-19-21-22-23-24-25-26-27-29-31-33-35-37-39-41-43-48(58)53(62)55-46(45-63-54-52(61)51(60)50(59)49(44-56)64-54)47(57)42-40-38-36-34-32-30-28-20-18-16-14-12-10-8-6-4-2/h25-26,32,34,40,42,46-52,54,56-61H,3-24,27-31,33,35-39,41,43-45H2,1-2H3,(H,55,62)/b26-25-,34-32+,42-40+. The summed E-state index contributed by atoms with van der Waals surface area (Å²) in [6.07, 6.45) is 45.2. The molecule has 0 aliphatic carbocycles. The van der Waals surface area contributed by atoms with Crippen molar-refractivity contribution in [3.63, 3.8) is 0 Å². The van der Waals surface area contributed by atoms with Crippen LogP contribution < -0.4 is 5.32 Å². The van der Waals surface area contributed by atoms with Gasteiger partial charge in [-0.25, -0.2) is 0 Å². The number of unbranched alkanes of at least 4 members (excludes halogenated alkanes) is 30. The molecular formula is C54H101NO9. The van der Waals surface area contributed by atoms with Crippen LogP contribution in [-0.4, -0.2) is 98.7 Å². The van der Waals surface area contributed by atoms with Crippen molar-refractivity contribution in [2.75, 3.05) is 13.2 Å². The molecule has 10 heteroatoms. The maximum atomic E-state index is 13.1. The third kappa shape index (κ3) is 32.9. The lowest BCUT2D eigenvalue weighted by Gasteiger charge is -2.40. The highest BCUT2D eigenvalue weighted by Gasteiger charge is 2.44. The predicted octanol–water partition coefficient (Wildman–Crippen LogP) is 11.4. The zero-order valence-electron chi connectivity index (χ0n) is 41.2. The molecule has 1 saturated heterocycles. The second-order valence-electron chi connectivity index (χ2n) is 18.8. The molecular weight excluding hydrogens is 807 g/mol. The fourth-order valence-electron chi connectivity index (χ4n) is 8.41. The van der Waals surface area contributed by atoms with Crippen LogP contribution in [0.1, 0.15) is 239 Å². The first-order valence-corrected chi connectivity index (χ1v) is 26.8. The molecule has 1 rings (SSSR count). The van der Waals surface area contributed by atoms with E-state index in [1.54, 1.807) is 6.08 Å². The van der Waals surface area contributed by atoms with Crippen molar-refractivity contribution in [3.8, 4) is 0 Å². The third-order valence-corrected chi connectivity index (χ3v) is 12.8. The highest BCUT2D eigenvalue weighted by atomic mass is 16.7. The van der Waals surface area contributed by atoms with Crippen molar-refractivity contribution in [2.24, 2.45) is 0 Å². The van der Waals surface area contributed by atoms with Gasteiger partial charge in [0.25, 0.3) is 0 Å². The predicted molar refractivity (Wildman–Crippen MR) is 264 cm³/mol. The summed E-state index contributed by atoms with van der Waals surface area (Å²) in [5, 5.41) is 64.9. The van der Waals surface area contributed by atoms with Gasteiger partial charge in [0.15, 0.2) is 6.29 Å². The lowest BCUT2D eigenvalue weighted by Crippen LogP contribution is -2.60. The smallest absolute Gasteiger partial charge is 0.249 e. The Morgan fingerprint density at radius 3 is 1.36 bits per heavy atom. The van der Waals surface area contributed by atoms with E-state index in [1.807, 2.05) is 6.08 Å². The van der Waals surface area contributed by atoms with Crippen LogP contribution in [0, 0.1) is 0 Å². The summed E-state index contributed by atoms with van der Waals surface area (Å²) < 4.78 is 11.2. The van der Waals surface area contributed by atoms with Gasteiger partial charge in [-0.15, -0.1) is 0 Å². The van der Waals surface area contributed by atoms with Crippen molar-refractivity contribution in [3.05, 3.63) is 36.5 Å².